The molecule has 0 N–H and O–H groups in total. The van der Waals surface area contributed by atoms with Crippen molar-refractivity contribution in [2.45, 2.75) is 40.5 Å². The molecular formula is C14H20. The molecular weight excluding hydrogens is 168 g/mol. The first-order chi connectivity index (χ1) is 6.70. The van der Waals surface area contributed by atoms with E-state index >= 15 is 0 Å². The van der Waals surface area contributed by atoms with Crippen molar-refractivity contribution in [3.05, 3.63) is 41.0 Å². The van der Waals surface area contributed by atoms with Gasteiger partial charge < -0.3 is 0 Å². The predicted octanol–water partition coefficient (Wildman–Crippen LogP) is 4.59. The van der Waals surface area contributed by atoms with Gasteiger partial charge in [0, 0.05) is 0 Å². The monoisotopic (exact) mass is 188 g/mol. The fraction of sp³-hybridized carbons (Fsp3) is 0.429. The predicted molar refractivity (Wildman–Crippen MR) is 64.4 cm³/mol. The van der Waals surface area contributed by atoms with Gasteiger partial charge in [-0.05, 0) is 43.4 Å². The second-order valence-electron chi connectivity index (χ2n) is 3.78. The van der Waals surface area contributed by atoms with Gasteiger partial charge in [0.2, 0.25) is 0 Å². The lowest BCUT2D eigenvalue weighted by atomic mass is 9.94. The molecule has 1 aromatic carbocycles. The molecule has 1 rings (SSSR count). The van der Waals surface area contributed by atoms with Gasteiger partial charge in [0.25, 0.3) is 0 Å². The smallest absolute Gasteiger partial charge is 0.0196 e. The number of aryl methyl sites for hydroxylation is 1. The van der Waals surface area contributed by atoms with E-state index in [0.717, 1.165) is 12.8 Å². The quantitative estimate of drug-likeness (QED) is 0.651. The summed E-state index contributed by atoms with van der Waals surface area (Å²) in [7, 11) is 0. The summed E-state index contributed by atoms with van der Waals surface area (Å²) in [5, 5.41) is 0. The van der Waals surface area contributed by atoms with E-state index in [9.17, 15) is 0 Å². The normalized spacial score (nSPS) is 12.6. The average Bonchev–Trinajstić information content (AvgIpc) is 2.21. The van der Waals surface area contributed by atoms with Crippen LogP contribution in [0.5, 0.6) is 0 Å². The van der Waals surface area contributed by atoms with Gasteiger partial charge in [0.1, 0.15) is 0 Å². The van der Waals surface area contributed by atoms with Crippen molar-refractivity contribution in [2.75, 3.05) is 0 Å². The summed E-state index contributed by atoms with van der Waals surface area (Å²) in [6.07, 6.45) is 2.28. The second kappa shape index (κ2) is 4.99. The van der Waals surface area contributed by atoms with Gasteiger partial charge in [-0.1, -0.05) is 43.7 Å². The third-order valence-electron chi connectivity index (χ3n) is 2.87. The first-order valence-corrected chi connectivity index (χ1v) is 5.45. The van der Waals surface area contributed by atoms with E-state index in [-0.39, 0.29) is 0 Å². The van der Waals surface area contributed by atoms with Crippen molar-refractivity contribution in [3.8, 4) is 0 Å². The van der Waals surface area contributed by atoms with Crippen molar-refractivity contribution >= 4 is 5.57 Å². The zero-order valence-corrected chi connectivity index (χ0v) is 9.72. The maximum absolute atomic E-state index is 2.24. The van der Waals surface area contributed by atoms with Crippen LogP contribution in [-0.2, 0) is 0 Å². The van der Waals surface area contributed by atoms with Gasteiger partial charge in [0.15, 0.2) is 0 Å². The zero-order valence-electron chi connectivity index (χ0n) is 9.72. The average molecular weight is 188 g/mol. The Balaban J connectivity index is 3.20. The van der Waals surface area contributed by atoms with E-state index in [2.05, 4.69) is 52.0 Å². The minimum atomic E-state index is 1.13. The molecule has 0 nitrogen and oxygen atoms in total. The highest BCUT2D eigenvalue weighted by Crippen LogP contribution is 2.26. The molecule has 0 atom stereocenters. The molecule has 0 heterocycles. The second-order valence-corrected chi connectivity index (χ2v) is 3.78. The van der Waals surface area contributed by atoms with Gasteiger partial charge >= 0.3 is 0 Å². The van der Waals surface area contributed by atoms with Crippen LogP contribution in [0.4, 0.5) is 0 Å². The van der Waals surface area contributed by atoms with Crippen molar-refractivity contribution < 1.29 is 0 Å². The summed E-state index contributed by atoms with van der Waals surface area (Å²) in [6.45, 7) is 8.89. The van der Waals surface area contributed by atoms with Crippen LogP contribution in [0.2, 0.25) is 0 Å². The summed E-state index contributed by atoms with van der Waals surface area (Å²) < 4.78 is 0. The number of allylic oxidation sites excluding steroid dienone is 2. The van der Waals surface area contributed by atoms with Crippen LogP contribution in [0.15, 0.2) is 29.8 Å². The Morgan fingerprint density at radius 1 is 1.07 bits per heavy atom. The summed E-state index contributed by atoms with van der Waals surface area (Å²) >= 11 is 0. The highest BCUT2D eigenvalue weighted by atomic mass is 14.1. The lowest BCUT2D eigenvalue weighted by Gasteiger charge is -2.12. The van der Waals surface area contributed by atoms with Crippen LogP contribution in [0.25, 0.3) is 5.57 Å². The maximum Gasteiger partial charge on any atom is -0.0196 e. The Kier molecular flexibility index (Phi) is 3.94. The SMILES string of the molecule is CC/C(C)=C(\CC)c1ccccc1C. The van der Waals surface area contributed by atoms with Gasteiger partial charge in [-0.3, -0.25) is 0 Å². The Hall–Kier alpha value is -1.04. The van der Waals surface area contributed by atoms with E-state index in [4.69, 9.17) is 0 Å². The molecule has 0 aliphatic rings. The van der Waals surface area contributed by atoms with Gasteiger partial charge in [-0.2, -0.15) is 0 Å². The molecule has 0 saturated heterocycles. The number of rotatable bonds is 3. The molecule has 0 aliphatic carbocycles. The first kappa shape index (κ1) is 11.0. The molecule has 1 aromatic rings. The minimum Gasteiger partial charge on any atom is -0.0698 e. The van der Waals surface area contributed by atoms with Crippen LogP contribution < -0.4 is 0 Å². The molecule has 0 amide bonds. The molecule has 0 fully saturated rings. The Morgan fingerprint density at radius 3 is 2.21 bits per heavy atom. The molecule has 0 saturated carbocycles. The van der Waals surface area contributed by atoms with Gasteiger partial charge in [-0.15, -0.1) is 0 Å². The third kappa shape index (κ3) is 2.25. The van der Waals surface area contributed by atoms with Crippen LogP contribution in [0.3, 0.4) is 0 Å². The van der Waals surface area contributed by atoms with Gasteiger partial charge in [-0.25, -0.2) is 0 Å². The highest BCUT2D eigenvalue weighted by molar-refractivity contribution is 5.70. The van der Waals surface area contributed by atoms with E-state index in [0.29, 0.717) is 0 Å². The van der Waals surface area contributed by atoms with Crippen molar-refractivity contribution in [1.82, 2.24) is 0 Å². The summed E-state index contributed by atoms with van der Waals surface area (Å²) in [4.78, 5) is 0. The molecule has 0 bridgehead atoms. The summed E-state index contributed by atoms with van der Waals surface area (Å²) in [5.41, 5.74) is 5.85. The van der Waals surface area contributed by atoms with Crippen molar-refractivity contribution in [3.63, 3.8) is 0 Å². The molecule has 0 aliphatic heterocycles. The Morgan fingerprint density at radius 2 is 1.71 bits per heavy atom. The largest absolute Gasteiger partial charge is 0.0698 e. The molecule has 0 heteroatoms. The van der Waals surface area contributed by atoms with Crippen molar-refractivity contribution in [1.29, 1.82) is 0 Å². The summed E-state index contributed by atoms with van der Waals surface area (Å²) in [6, 6.07) is 8.65. The Labute approximate surface area is 87.7 Å². The third-order valence-corrected chi connectivity index (χ3v) is 2.87. The van der Waals surface area contributed by atoms with E-state index in [1.807, 2.05) is 0 Å². The standard InChI is InChI=1S/C14H20/c1-5-11(3)13(6-2)14-10-8-7-9-12(14)4/h7-10H,5-6H2,1-4H3/b13-11+. The fourth-order valence-corrected chi connectivity index (χ4v) is 1.85. The van der Waals surface area contributed by atoms with Crippen LogP contribution >= 0.6 is 0 Å². The number of benzene rings is 1. The number of hydrogen-bond acceptors (Lipinski definition) is 0. The van der Waals surface area contributed by atoms with E-state index in [1.165, 1.54) is 22.3 Å². The fourth-order valence-electron chi connectivity index (χ4n) is 1.85. The molecule has 0 spiro atoms. The molecule has 14 heavy (non-hydrogen) atoms. The molecule has 0 radical (unpaired) electrons. The molecule has 0 unspecified atom stereocenters. The van der Waals surface area contributed by atoms with Crippen LogP contribution in [0, 0.1) is 6.92 Å². The summed E-state index contributed by atoms with van der Waals surface area (Å²) in [5.74, 6) is 0. The van der Waals surface area contributed by atoms with E-state index in [1.54, 1.807) is 0 Å². The first-order valence-electron chi connectivity index (χ1n) is 5.45. The molecule has 76 valence electrons. The van der Waals surface area contributed by atoms with Crippen LogP contribution in [-0.4, -0.2) is 0 Å². The lowest BCUT2D eigenvalue weighted by molar-refractivity contribution is 1.07. The highest BCUT2D eigenvalue weighted by Gasteiger charge is 2.04. The van der Waals surface area contributed by atoms with Gasteiger partial charge in [0.05, 0.1) is 0 Å². The number of hydrogen-bond donors (Lipinski definition) is 0. The van der Waals surface area contributed by atoms with Crippen LogP contribution in [0.1, 0.15) is 44.7 Å². The zero-order chi connectivity index (χ0) is 10.6. The lowest BCUT2D eigenvalue weighted by Crippen LogP contribution is -1.90. The minimum absolute atomic E-state index is 1.13. The van der Waals surface area contributed by atoms with E-state index < -0.39 is 0 Å². The topological polar surface area (TPSA) is 0 Å². The maximum atomic E-state index is 2.24. The van der Waals surface area contributed by atoms with Crippen molar-refractivity contribution in [2.24, 2.45) is 0 Å². The molecule has 0 aromatic heterocycles. The Bertz CT molecular complexity index is 332.